The maximum absolute atomic E-state index is 12.5. The first-order valence-electron chi connectivity index (χ1n) is 7.92. The van der Waals surface area contributed by atoms with Crippen LogP contribution in [-0.2, 0) is 0 Å². The summed E-state index contributed by atoms with van der Waals surface area (Å²) in [7, 11) is 0. The van der Waals surface area contributed by atoms with E-state index in [4.69, 9.17) is 11.6 Å². The lowest BCUT2D eigenvalue weighted by atomic mass is 10.2. The van der Waals surface area contributed by atoms with Gasteiger partial charge in [0.25, 0.3) is 17.7 Å². The van der Waals surface area contributed by atoms with Crippen LogP contribution in [0.15, 0.2) is 60.9 Å². The Morgan fingerprint density at radius 3 is 2.48 bits per heavy atom. The van der Waals surface area contributed by atoms with Gasteiger partial charge in [0.05, 0.1) is 16.3 Å². The van der Waals surface area contributed by atoms with Crippen LogP contribution in [0.2, 0.25) is 5.02 Å². The van der Waals surface area contributed by atoms with Gasteiger partial charge in [-0.2, -0.15) is 0 Å². The van der Waals surface area contributed by atoms with Crippen molar-refractivity contribution in [3.05, 3.63) is 82.9 Å². The molecule has 3 amide bonds. The Kier molecular flexibility index (Phi) is 4.13. The number of aromatic nitrogens is 2. The van der Waals surface area contributed by atoms with Gasteiger partial charge in [0.15, 0.2) is 0 Å². The van der Waals surface area contributed by atoms with Crippen molar-refractivity contribution in [1.29, 1.82) is 0 Å². The Hall–Kier alpha value is -3.58. The molecule has 7 nitrogen and oxygen atoms in total. The molecular formula is C19H11ClN4O3. The van der Waals surface area contributed by atoms with Crippen LogP contribution in [0.4, 0.5) is 11.4 Å². The van der Waals surface area contributed by atoms with Crippen molar-refractivity contribution >= 4 is 40.7 Å². The number of halogens is 1. The minimum atomic E-state index is -0.539. The first-order valence-corrected chi connectivity index (χ1v) is 8.30. The maximum Gasteiger partial charge on any atom is 0.284 e. The van der Waals surface area contributed by atoms with Gasteiger partial charge in [-0.1, -0.05) is 17.7 Å². The van der Waals surface area contributed by atoms with Gasteiger partial charge in [-0.15, -0.1) is 0 Å². The van der Waals surface area contributed by atoms with Crippen molar-refractivity contribution in [2.75, 3.05) is 10.2 Å². The second kappa shape index (κ2) is 6.62. The molecule has 0 atom stereocenters. The average Bonchev–Trinajstić information content (AvgIpc) is 2.94. The maximum atomic E-state index is 12.5. The monoisotopic (exact) mass is 378 g/mol. The number of carbonyl (C=O) groups is 3. The normalized spacial score (nSPS) is 12.9. The third-order valence-corrected chi connectivity index (χ3v) is 4.29. The van der Waals surface area contributed by atoms with E-state index in [1.165, 1.54) is 30.6 Å². The molecule has 8 heteroatoms. The highest BCUT2D eigenvalue weighted by Gasteiger charge is 2.38. The molecule has 1 aromatic carbocycles. The van der Waals surface area contributed by atoms with Gasteiger partial charge >= 0.3 is 0 Å². The lowest BCUT2D eigenvalue weighted by Gasteiger charge is -2.16. The molecule has 1 N–H and O–H groups in total. The fourth-order valence-corrected chi connectivity index (χ4v) is 3.01. The van der Waals surface area contributed by atoms with Crippen molar-refractivity contribution in [3.8, 4) is 0 Å². The number of nitrogens with one attached hydrogen (secondary N) is 1. The van der Waals surface area contributed by atoms with E-state index in [0.717, 1.165) is 4.90 Å². The van der Waals surface area contributed by atoms with Crippen LogP contribution < -0.4 is 10.2 Å². The van der Waals surface area contributed by atoms with Gasteiger partial charge < -0.3 is 5.32 Å². The summed E-state index contributed by atoms with van der Waals surface area (Å²) in [4.78, 5) is 46.1. The smallest absolute Gasteiger partial charge is 0.284 e. The molecule has 27 heavy (non-hydrogen) atoms. The zero-order valence-corrected chi connectivity index (χ0v) is 14.5. The topological polar surface area (TPSA) is 92.3 Å². The van der Waals surface area contributed by atoms with Gasteiger partial charge in [-0.05, 0) is 42.5 Å². The number of fused-ring (bicyclic) bond motifs is 1. The lowest BCUT2D eigenvalue weighted by molar-refractivity contribution is 0.0923. The summed E-state index contributed by atoms with van der Waals surface area (Å²) in [5.41, 5.74) is 1.20. The number of hydrogen-bond acceptors (Lipinski definition) is 5. The minimum Gasteiger partial charge on any atom is -0.321 e. The van der Waals surface area contributed by atoms with Crippen LogP contribution in [0, 0.1) is 0 Å². The first kappa shape index (κ1) is 16.9. The number of benzene rings is 1. The Morgan fingerprint density at radius 2 is 1.78 bits per heavy atom. The molecule has 0 fully saturated rings. The van der Waals surface area contributed by atoms with E-state index in [1.807, 2.05) is 0 Å². The number of nitrogens with zero attached hydrogens (tertiary/aromatic N) is 3. The molecule has 0 aliphatic carbocycles. The predicted molar refractivity (Wildman–Crippen MR) is 99.0 cm³/mol. The number of hydrogen-bond donors (Lipinski definition) is 1. The molecule has 3 heterocycles. The van der Waals surface area contributed by atoms with Crippen LogP contribution in [0.5, 0.6) is 0 Å². The van der Waals surface area contributed by atoms with E-state index in [9.17, 15) is 14.4 Å². The van der Waals surface area contributed by atoms with Crippen LogP contribution in [0.1, 0.15) is 31.3 Å². The molecular weight excluding hydrogens is 368 g/mol. The lowest BCUT2D eigenvalue weighted by Crippen LogP contribution is -2.29. The highest BCUT2D eigenvalue weighted by atomic mass is 35.5. The number of anilines is 2. The summed E-state index contributed by atoms with van der Waals surface area (Å²) in [5.74, 6) is -1.43. The second-order valence-electron chi connectivity index (χ2n) is 5.68. The third kappa shape index (κ3) is 2.94. The van der Waals surface area contributed by atoms with Gasteiger partial charge in [-0.25, -0.2) is 4.90 Å². The van der Waals surface area contributed by atoms with Gasteiger partial charge in [-0.3, -0.25) is 24.4 Å². The number of imide groups is 1. The summed E-state index contributed by atoms with van der Waals surface area (Å²) in [6.07, 6.45) is 2.96. The van der Waals surface area contributed by atoms with Crippen LogP contribution in [-0.4, -0.2) is 27.7 Å². The highest BCUT2D eigenvalue weighted by Crippen LogP contribution is 2.34. The standard InChI is InChI=1S/C19H11ClN4O3/c20-13-10-11(23-17(25)14-5-1-2-8-21-14)6-7-15(13)24-18(26)12-4-3-9-22-16(12)19(24)27/h1-10H,(H,23,25). The molecule has 0 radical (unpaired) electrons. The van der Waals surface area contributed by atoms with Gasteiger partial charge in [0.1, 0.15) is 11.4 Å². The molecule has 132 valence electrons. The summed E-state index contributed by atoms with van der Waals surface area (Å²) in [5, 5.41) is 2.81. The molecule has 3 aromatic rings. The van der Waals surface area contributed by atoms with Crippen LogP contribution in [0.25, 0.3) is 0 Å². The van der Waals surface area contributed by atoms with Crippen molar-refractivity contribution < 1.29 is 14.4 Å². The van der Waals surface area contributed by atoms with E-state index in [2.05, 4.69) is 15.3 Å². The molecule has 0 unspecified atom stereocenters. The molecule has 2 aromatic heterocycles. The molecule has 0 saturated heterocycles. The van der Waals surface area contributed by atoms with Gasteiger partial charge in [0, 0.05) is 18.1 Å². The molecule has 4 rings (SSSR count). The number of pyridine rings is 2. The fraction of sp³-hybridized carbons (Fsp3) is 0. The summed E-state index contributed by atoms with van der Waals surface area (Å²) < 4.78 is 0. The van der Waals surface area contributed by atoms with E-state index in [1.54, 1.807) is 30.3 Å². The first-order chi connectivity index (χ1) is 13.1. The summed E-state index contributed by atoms with van der Waals surface area (Å²) in [6.45, 7) is 0. The third-order valence-electron chi connectivity index (χ3n) is 3.99. The number of carbonyl (C=O) groups excluding carboxylic acids is 3. The van der Waals surface area contributed by atoms with Crippen molar-refractivity contribution in [3.63, 3.8) is 0 Å². The summed E-state index contributed by atoms with van der Waals surface area (Å²) >= 11 is 6.28. The molecule has 0 bridgehead atoms. The second-order valence-corrected chi connectivity index (χ2v) is 6.09. The Balaban J connectivity index is 1.61. The zero-order chi connectivity index (χ0) is 19.0. The van der Waals surface area contributed by atoms with Crippen LogP contribution in [0.3, 0.4) is 0 Å². The Labute approximate surface area is 158 Å². The van der Waals surface area contributed by atoms with E-state index >= 15 is 0 Å². The Morgan fingerprint density at radius 1 is 0.963 bits per heavy atom. The quantitative estimate of drug-likeness (QED) is 0.706. The molecule has 1 aliphatic rings. The molecule has 1 aliphatic heterocycles. The summed E-state index contributed by atoms with van der Waals surface area (Å²) in [6, 6.07) is 12.6. The number of amides is 3. The van der Waals surface area contributed by atoms with E-state index < -0.39 is 17.7 Å². The highest BCUT2D eigenvalue weighted by molar-refractivity contribution is 6.39. The molecule has 0 spiro atoms. The predicted octanol–water partition coefficient (Wildman–Crippen LogP) is 3.18. The zero-order valence-electron chi connectivity index (χ0n) is 13.7. The fourth-order valence-electron chi connectivity index (χ4n) is 2.74. The minimum absolute atomic E-state index is 0.0890. The van der Waals surface area contributed by atoms with E-state index in [-0.39, 0.29) is 27.7 Å². The van der Waals surface area contributed by atoms with Gasteiger partial charge in [0.2, 0.25) is 0 Å². The van der Waals surface area contributed by atoms with E-state index in [0.29, 0.717) is 5.69 Å². The molecule has 0 saturated carbocycles. The Bertz CT molecular complexity index is 1050. The van der Waals surface area contributed by atoms with Crippen molar-refractivity contribution in [1.82, 2.24) is 9.97 Å². The van der Waals surface area contributed by atoms with Crippen LogP contribution >= 0.6 is 11.6 Å². The van der Waals surface area contributed by atoms with Crippen molar-refractivity contribution in [2.45, 2.75) is 0 Å². The average molecular weight is 379 g/mol. The largest absolute Gasteiger partial charge is 0.321 e. The SMILES string of the molecule is O=C(Nc1ccc(N2C(=O)c3cccnc3C2=O)c(Cl)c1)c1ccccn1. The van der Waals surface area contributed by atoms with Crippen molar-refractivity contribution in [2.24, 2.45) is 0 Å². The number of rotatable bonds is 3.